The number of amides is 1. The van der Waals surface area contributed by atoms with Crippen LogP contribution in [-0.4, -0.2) is 41.1 Å². The van der Waals surface area contributed by atoms with Gasteiger partial charge in [0.1, 0.15) is 34.6 Å². The lowest BCUT2D eigenvalue weighted by molar-refractivity contribution is 0.102. The van der Waals surface area contributed by atoms with Crippen LogP contribution in [0.3, 0.4) is 0 Å². The van der Waals surface area contributed by atoms with E-state index in [1.54, 1.807) is 52.9 Å². The van der Waals surface area contributed by atoms with Crippen molar-refractivity contribution in [1.29, 1.82) is 0 Å². The van der Waals surface area contributed by atoms with Crippen molar-refractivity contribution in [3.63, 3.8) is 0 Å². The molecule has 1 saturated carbocycles. The minimum atomic E-state index is -3.53. The Morgan fingerprint density at radius 3 is 2.64 bits per heavy atom. The Balaban J connectivity index is 1.17. The average molecular weight is 682 g/mol. The van der Waals surface area contributed by atoms with Crippen molar-refractivity contribution in [2.45, 2.75) is 70.8 Å². The summed E-state index contributed by atoms with van der Waals surface area (Å²) in [6, 6.07) is 10.9. The van der Waals surface area contributed by atoms with Gasteiger partial charge in [0, 0.05) is 23.3 Å². The molecule has 1 aromatic carbocycles. The smallest absolute Gasteiger partial charge is 0.383 e. The number of thiazole rings is 1. The zero-order valence-electron chi connectivity index (χ0n) is 25.9. The van der Waals surface area contributed by atoms with Crippen molar-refractivity contribution in [3.05, 3.63) is 83.9 Å². The van der Waals surface area contributed by atoms with Gasteiger partial charge in [-0.25, -0.2) is 23.6 Å². The number of pyridine rings is 1. The summed E-state index contributed by atoms with van der Waals surface area (Å²) in [4.78, 5) is 21.6. The number of hydrogen-bond donors (Lipinski definition) is 1. The molecule has 0 saturated heterocycles. The maximum Gasteiger partial charge on any atom is 0.383 e. The normalized spacial score (nSPS) is 15.7. The number of hydrogen-bond acceptors (Lipinski definition) is 9. The molecule has 0 aliphatic heterocycles. The Morgan fingerprint density at radius 1 is 1.09 bits per heavy atom. The van der Waals surface area contributed by atoms with Crippen LogP contribution in [0.2, 0.25) is 0 Å². The third-order valence-corrected chi connectivity index (χ3v) is 11.3. The summed E-state index contributed by atoms with van der Waals surface area (Å²) >= 11 is 1.23. The summed E-state index contributed by atoms with van der Waals surface area (Å²) in [6.07, 6.45) is 10.5. The van der Waals surface area contributed by atoms with Gasteiger partial charge in [-0.15, -0.1) is 11.3 Å². The lowest BCUT2D eigenvalue weighted by Gasteiger charge is -2.24. The third-order valence-electron chi connectivity index (χ3n) is 8.06. The molecule has 4 aromatic heterocycles. The Labute approximate surface area is 274 Å². The highest BCUT2D eigenvalue weighted by molar-refractivity contribution is 7.55. The second kappa shape index (κ2) is 14.2. The van der Waals surface area contributed by atoms with Crippen LogP contribution in [0.1, 0.15) is 68.9 Å². The fourth-order valence-electron chi connectivity index (χ4n) is 5.25. The monoisotopic (exact) mass is 681 g/mol. The van der Waals surface area contributed by atoms with Crippen LogP contribution < -0.4 is 9.84 Å². The zero-order valence-corrected chi connectivity index (χ0v) is 27.6. The molecule has 1 aliphatic carbocycles. The van der Waals surface area contributed by atoms with Crippen LogP contribution in [0, 0.1) is 11.8 Å². The van der Waals surface area contributed by atoms with Crippen LogP contribution >= 0.6 is 18.9 Å². The number of para-hydroxylation sites is 1. The summed E-state index contributed by atoms with van der Waals surface area (Å²) in [5, 5.41) is 13.8. The van der Waals surface area contributed by atoms with Crippen molar-refractivity contribution in [2.75, 3.05) is 5.32 Å². The molecule has 0 spiro atoms. The predicted octanol–water partition coefficient (Wildman–Crippen LogP) is 8.35. The van der Waals surface area contributed by atoms with Gasteiger partial charge in [0.2, 0.25) is 5.95 Å². The van der Waals surface area contributed by atoms with Gasteiger partial charge in [0.25, 0.3) is 5.91 Å². The lowest BCUT2D eigenvalue weighted by Crippen LogP contribution is -2.14. The summed E-state index contributed by atoms with van der Waals surface area (Å²) in [6.45, 7) is 3.61. The topological polar surface area (TPSA) is 126 Å². The molecule has 0 bridgehead atoms. The lowest BCUT2D eigenvalue weighted by atomic mass is 9.96. The quantitative estimate of drug-likeness (QED) is 0.103. The van der Waals surface area contributed by atoms with Crippen molar-refractivity contribution in [2.24, 2.45) is 0 Å². The number of nitrogens with one attached hydrogen (secondary N) is 1. The van der Waals surface area contributed by atoms with Crippen molar-refractivity contribution in [3.8, 4) is 27.7 Å². The van der Waals surface area contributed by atoms with Gasteiger partial charge in [-0.1, -0.05) is 44.4 Å². The van der Waals surface area contributed by atoms with Crippen LogP contribution in [0.25, 0.3) is 22.0 Å². The molecular weight excluding hydrogens is 647 g/mol. The predicted molar refractivity (Wildman–Crippen MR) is 174 cm³/mol. The van der Waals surface area contributed by atoms with Gasteiger partial charge in [-0.2, -0.15) is 14.6 Å². The van der Waals surface area contributed by atoms with E-state index >= 15 is 0 Å². The molecule has 15 heteroatoms. The number of nitrogens with zero attached hydrogens (tertiary/aromatic N) is 6. The molecule has 1 amide bonds. The maximum atomic E-state index is 14.8. The Hall–Kier alpha value is -4.26. The largest absolute Gasteiger partial charge is 0.424 e. The van der Waals surface area contributed by atoms with Gasteiger partial charge in [0.05, 0.1) is 23.6 Å². The number of aromatic nitrogens is 6. The van der Waals surface area contributed by atoms with Crippen LogP contribution in [0.15, 0.2) is 66.4 Å². The Kier molecular flexibility index (Phi) is 9.90. The molecule has 47 heavy (non-hydrogen) atoms. The minimum Gasteiger partial charge on any atom is -0.424 e. The highest BCUT2D eigenvalue weighted by Crippen LogP contribution is 2.54. The zero-order chi connectivity index (χ0) is 33.0. The number of benzene rings is 1. The average Bonchev–Trinajstić information content (AvgIpc) is 3.86. The first-order valence-corrected chi connectivity index (χ1v) is 17.9. The molecule has 2 unspecified atom stereocenters. The van der Waals surface area contributed by atoms with Crippen molar-refractivity contribution >= 4 is 30.5 Å². The number of rotatable bonds is 12. The molecule has 1 aliphatic rings. The third kappa shape index (κ3) is 7.50. The first kappa shape index (κ1) is 32.7. The molecule has 1 N–H and O–H groups in total. The van der Waals surface area contributed by atoms with Crippen molar-refractivity contribution in [1.82, 2.24) is 29.5 Å². The van der Waals surface area contributed by atoms with Gasteiger partial charge >= 0.3 is 7.60 Å². The first-order chi connectivity index (χ1) is 22.7. The summed E-state index contributed by atoms with van der Waals surface area (Å²) in [5.74, 6) is -1.69. The SMILES string of the molecule is CCC(C)P(=O)(OCn1cc(-c2nc(C(=O)Nc3cn(C4CCCCC4)nc3-c3nc(F)ccc3F)cs2)cn1)Oc1ccccc1. The van der Waals surface area contributed by atoms with Gasteiger partial charge < -0.3 is 9.84 Å². The van der Waals surface area contributed by atoms with Gasteiger partial charge in [-0.05, 0) is 50.5 Å². The van der Waals surface area contributed by atoms with E-state index in [1.165, 1.54) is 16.0 Å². The van der Waals surface area contributed by atoms with Crippen LogP contribution in [-0.2, 0) is 15.8 Å². The number of halogens is 2. The van der Waals surface area contributed by atoms with Gasteiger partial charge in [-0.3, -0.25) is 14.0 Å². The standard InChI is InChI=1S/C32H34F2N7O4PS/c1-3-21(2)46(43,45-24-12-8-5-9-13-24)44-20-40-17-22(16-35-40)32-37-27(19-47-32)31(42)36-26-18-41(23-10-6-4-7-11-23)39-30(26)29-25(33)14-15-28(34)38-29/h5,8-9,12-19,21,23H,3-4,6-7,10-11,20H2,1-2H3,(H,36,42). The van der Waals surface area contributed by atoms with Gasteiger partial charge in [0.15, 0.2) is 5.82 Å². The molecule has 0 radical (unpaired) electrons. The first-order valence-electron chi connectivity index (χ1n) is 15.4. The van der Waals surface area contributed by atoms with E-state index in [0.29, 0.717) is 22.7 Å². The summed E-state index contributed by atoms with van der Waals surface area (Å²) < 4.78 is 57.3. The van der Waals surface area contributed by atoms with Crippen molar-refractivity contribution < 1.29 is 27.2 Å². The Morgan fingerprint density at radius 2 is 1.87 bits per heavy atom. The second-order valence-corrected chi connectivity index (χ2v) is 14.6. The Bertz CT molecular complexity index is 1890. The number of carbonyl (C=O) groups excluding carboxylic acids is 1. The van der Waals surface area contributed by atoms with E-state index in [2.05, 4.69) is 25.5 Å². The van der Waals surface area contributed by atoms with Crippen LogP contribution in [0.4, 0.5) is 14.5 Å². The number of anilines is 1. The van der Waals surface area contributed by atoms with E-state index in [1.807, 2.05) is 19.9 Å². The van der Waals surface area contributed by atoms with Crippen LogP contribution in [0.5, 0.6) is 5.75 Å². The van der Waals surface area contributed by atoms with E-state index in [4.69, 9.17) is 9.05 Å². The van der Waals surface area contributed by atoms with E-state index in [0.717, 1.165) is 44.2 Å². The fraction of sp³-hybridized carbons (Fsp3) is 0.344. The molecule has 4 heterocycles. The molecule has 5 aromatic rings. The molecule has 246 valence electrons. The highest BCUT2D eigenvalue weighted by Gasteiger charge is 2.33. The molecule has 6 rings (SSSR count). The summed E-state index contributed by atoms with van der Waals surface area (Å²) in [7, 11) is -3.53. The molecule has 11 nitrogen and oxygen atoms in total. The maximum absolute atomic E-state index is 14.8. The molecular formula is C32H34F2N7O4PS. The molecule has 1 fully saturated rings. The van der Waals surface area contributed by atoms with E-state index in [9.17, 15) is 18.1 Å². The highest BCUT2D eigenvalue weighted by atomic mass is 32.1. The summed E-state index contributed by atoms with van der Waals surface area (Å²) in [5.41, 5.74) is 0.369. The van der Waals surface area contributed by atoms with E-state index in [-0.39, 0.29) is 41.2 Å². The number of carbonyl (C=O) groups is 1. The fourth-order valence-corrected chi connectivity index (χ4v) is 7.66. The second-order valence-electron chi connectivity index (χ2n) is 11.3. The minimum absolute atomic E-state index is 0.0450. The molecule has 2 atom stereocenters. The van der Waals surface area contributed by atoms with E-state index < -0.39 is 25.3 Å².